The molecule has 2 heterocycles. The molecule has 0 bridgehead atoms. The minimum atomic E-state index is -2.82. The molecule has 5 rings (SSSR count). The molecule has 1 atom stereocenters. The molecular weight excluding hydrogens is 436 g/mol. The van der Waals surface area contributed by atoms with Crippen LogP contribution in [-0.2, 0) is 9.73 Å². The van der Waals surface area contributed by atoms with Gasteiger partial charge in [-0.05, 0) is 37.1 Å². The smallest absolute Gasteiger partial charge is 0.227 e. The van der Waals surface area contributed by atoms with Crippen molar-refractivity contribution in [1.29, 1.82) is 4.78 Å². The van der Waals surface area contributed by atoms with Crippen molar-refractivity contribution >= 4 is 43.9 Å². The maximum atomic E-state index is 12.7. The van der Waals surface area contributed by atoms with E-state index in [1.54, 1.807) is 18.2 Å². The standard InChI is InChI=1S/C21H19ClN6O2S/c1-30-18-10-13(31(23,29)12-6-7-12)8-9-17(18)25-21-24-11-15(22)20(26-21)19-14-4-2-3-5-16(14)27-28-19/h2-5,8-12,23H,6-7H2,1H3,(H,27,28)(H,24,25,26). The van der Waals surface area contributed by atoms with Gasteiger partial charge in [-0.3, -0.25) is 5.10 Å². The lowest BCUT2D eigenvalue weighted by atomic mass is 10.1. The summed E-state index contributed by atoms with van der Waals surface area (Å²) in [5.74, 6) is 0.773. The van der Waals surface area contributed by atoms with Crippen molar-refractivity contribution in [3.63, 3.8) is 0 Å². The fourth-order valence-electron chi connectivity index (χ4n) is 3.41. The maximum absolute atomic E-state index is 12.7. The number of methoxy groups -OCH3 is 1. The average molecular weight is 455 g/mol. The molecule has 10 heteroatoms. The highest BCUT2D eigenvalue weighted by atomic mass is 35.5. The fraction of sp³-hybridized carbons (Fsp3) is 0.190. The van der Waals surface area contributed by atoms with Crippen LogP contribution in [0, 0.1) is 4.78 Å². The summed E-state index contributed by atoms with van der Waals surface area (Å²) in [5.41, 5.74) is 2.60. The highest BCUT2D eigenvalue weighted by Gasteiger charge is 2.34. The van der Waals surface area contributed by atoms with Crippen molar-refractivity contribution < 1.29 is 8.95 Å². The molecule has 1 fully saturated rings. The third kappa shape index (κ3) is 3.60. The minimum Gasteiger partial charge on any atom is -0.495 e. The summed E-state index contributed by atoms with van der Waals surface area (Å²) < 4.78 is 26.5. The van der Waals surface area contributed by atoms with Gasteiger partial charge in [0.1, 0.15) is 17.1 Å². The summed E-state index contributed by atoms with van der Waals surface area (Å²) in [6, 6.07) is 12.8. The van der Waals surface area contributed by atoms with E-state index in [-0.39, 0.29) is 5.25 Å². The molecular formula is C21H19ClN6O2S. The number of fused-ring (bicyclic) bond motifs is 1. The lowest BCUT2D eigenvalue weighted by Crippen LogP contribution is -2.06. The average Bonchev–Trinajstić information content (AvgIpc) is 3.56. The van der Waals surface area contributed by atoms with Crippen molar-refractivity contribution in [1.82, 2.24) is 20.2 Å². The number of para-hydroxylation sites is 1. The quantitative estimate of drug-likeness (QED) is 0.377. The van der Waals surface area contributed by atoms with Gasteiger partial charge in [0.2, 0.25) is 5.95 Å². The fourth-order valence-corrected chi connectivity index (χ4v) is 5.33. The van der Waals surface area contributed by atoms with Crippen LogP contribution < -0.4 is 10.1 Å². The summed E-state index contributed by atoms with van der Waals surface area (Å²) in [6.07, 6.45) is 3.17. The Labute approximate surface area is 184 Å². The number of halogens is 1. The SMILES string of the molecule is COc1cc(S(=N)(=O)C2CC2)ccc1Nc1ncc(Cl)c(-c2n[nH]c3ccccc23)n1. The second-order valence-corrected chi connectivity index (χ2v) is 10.0. The van der Waals surface area contributed by atoms with E-state index in [9.17, 15) is 4.21 Å². The summed E-state index contributed by atoms with van der Waals surface area (Å²) in [4.78, 5) is 9.30. The first-order chi connectivity index (χ1) is 15.0. The molecule has 0 aliphatic heterocycles. The number of aromatic nitrogens is 4. The molecule has 2 aromatic carbocycles. The Morgan fingerprint density at radius 2 is 2.03 bits per heavy atom. The monoisotopic (exact) mass is 454 g/mol. The normalized spacial score (nSPS) is 15.5. The summed E-state index contributed by atoms with van der Waals surface area (Å²) in [6.45, 7) is 0. The predicted octanol–water partition coefficient (Wildman–Crippen LogP) is 4.99. The number of anilines is 2. The molecule has 31 heavy (non-hydrogen) atoms. The Kier molecular flexibility index (Phi) is 4.79. The molecule has 1 unspecified atom stereocenters. The molecule has 158 valence electrons. The van der Waals surface area contributed by atoms with Crippen LogP contribution in [0.5, 0.6) is 5.75 Å². The summed E-state index contributed by atoms with van der Waals surface area (Å²) in [5, 5.41) is 11.7. The lowest BCUT2D eigenvalue weighted by Gasteiger charge is -2.14. The van der Waals surface area contributed by atoms with Crippen LogP contribution in [0.3, 0.4) is 0 Å². The van der Waals surface area contributed by atoms with Crippen LogP contribution in [-0.4, -0.2) is 36.7 Å². The van der Waals surface area contributed by atoms with Gasteiger partial charge in [-0.15, -0.1) is 0 Å². The van der Waals surface area contributed by atoms with E-state index in [4.69, 9.17) is 21.1 Å². The van der Waals surface area contributed by atoms with E-state index in [2.05, 4.69) is 25.5 Å². The topological polar surface area (TPSA) is 117 Å². The molecule has 2 aromatic heterocycles. The molecule has 0 radical (unpaired) electrons. The lowest BCUT2D eigenvalue weighted by molar-refractivity contribution is 0.415. The second kappa shape index (κ2) is 7.51. The molecule has 8 nitrogen and oxygen atoms in total. The van der Waals surface area contributed by atoms with E-state index in [0.29, 0.717) is 38.7 Å². The van der Waals surface area contributed by atoms with Gasteiger partial charge in [0.25, 0.3) is 0 Å². The van der Waals surface area contributed by atoms with E-state index < -0.39 is 9.73 Å². The Morgan fingerprint density at radius 1 is 1.23 bits per heavy atom. The Balaban J connectivity index is 1.50. The van der Waals surface area contributed by atoms with Crippen LogP contribution in [0.15, 0.2) is 53.6 Å². The first-order valence-electron chi connectivity index (χ1n) is 9.66. The van der Waals surface area contributed by atoms with Gasteiger partial charge >= 0.3 is 0 Å². The first-order valence-corrected chi connectivity index (χ1v) is 11.7. The third-order valence-electron chi connectivity index (χ3n) is 5.20. The van der Waals surface area contributed by atoms with Crippen molar-refractivity contribution in [3.8, 4) is 17.1 Å². The molecule has 3 N–H and O–H groups in total. The van der Waals surface area contributed by atoms with Crippen molar-refractivity contribution in [2.75, 3.05) is 12.4 Å². The van der Waals surface area contributed by atoms with Crippen LogP contribution in [0.1, 0.15) is 12.8 Å². The van der Waals surface area contributed by atoms with Gasteiger partial charge in [0.15, 0.2) is 0 Å². The van der Waals surface area contributed by atoms with Crippen LogP contribution >= 0.6 is 11.6 Å². The van der Waals surface area contributed by atoms with Gasteiger partial charge in [-0.1, -0.05) is 29.8 Å². The third-order valence-corrected chi connectivity index (χ3v) is 7.84. The van der Waals surface area contributed by atoms with E-state index >= 15 is 0 Å². The number of H-pyrrole nitrogens is 1. The zero-order valence-corrected chi connectivity index (χ0v) is 18.1. The zero-order chi connectivity index (χ0) is 21.6. The Morgan fingerprint density at radius 3 is 2.81 bits per heavy atom. The van der Waals surface area contributed by atoms with Crippen LogP contribution in [0.2, 0.25) is 5.02 Å². The second-order valence-electron chi connectivity index (χ2n) is 7.30. The number of nitrogens with zero attached hydrogens (tertiary/aromatic N) is 3. The number of benzene rings is 2. The molecule has 0 spiro atoms. The molecule has 1 saturated carbocycles. The minimum absolute atomic E-state index is 0.0677. The summed E-state index contributed by atoms with van der Waals surface area (Å²) >= 11 is 6.37. The van der Waals surface area contributed by atoms with Crippen LogP contribution in [0.25, 0.3) is 22.3 Å². The molecule has 1 aliphatic rings. The molecule has 1 aliphatic carbocycles. The molecule has 0 amide bonds. The first kappa shape index (κ1) is 19.8. The van der Waals surface area contributed by atoms with Crippen molar-refractivity contribution in [2.45, 2.75) is 23.0 Å². The highest BCUT2D eigenvalue weighted by molar-refractivity contribution is 7.93. The van der Waals surface area contributed by atoms with Crippen LogP contribution in [0.4, 0.5) is 11.6 Å². The van der Waals surface area contributed by atoms with E-state index in [1.165, 1.54) is 13.3 Å². The molecule has 4 aromatic rings. The van der Waals surface area contributed by atoms with Gasteiger partial charge in [-0.25, -0.2) is 19.0 Å². The maximum Gasteiger partial charge on any atom is 0.227 e. The zero-order valence-electron chi connectivity index (χ0n) is 16.6. The number of hydrogen-bond acceptors (Lipinski definition) is 7. The van der Waals surface area contributed by atoms with Gasteiger partial charge in [0, 0.05) is 10.6 Å². The highest BCUT2D eigenvalue weighted by Crippen LogP contribution is 2.38. The van der Waals surface area contributed by atoms with Gasteiger partial charge in [0.05, 0.1) is 44.2 Å². The van der Waals surface area contributed by atoms with E-state index in [0.717, 1.165) is 23.7 Å². The number of rotatable bonds is 6. The number of aromatic amines is 1. The van der Waals surface area contributed by atoms with Gasteiger partial charge < -0.3 is 10.1 Å². The predicted molar refractivity (Wildman–Crippen MR) is 121 cm³/mol. The Hall–Kier alpha value is -3.17. The molecule has 0 saturated heterocycles. The summed E-state index contributed by atoms with van der Waals surface area (Å²) in [7, 11) is -1.29. The largest absolute Gasteiger partial charge is 0.495 e. The Bertz CT molecular complexity index is 1400. The van der Waals surface area contributed by atoms with Crippen molar-refractivity contribution in [3.05, 3.63) is 53.7 Å². The van der Waals surface area contributed by atoms with Crippen molar-refractivity contribution in [2.24, 2.45) is 0 Å². The number of hydrogen-bond donors (Lipinski definition) is 3. The van der Waals surface area contributed by atoms with E-state index in [1.807, 2.05) is 24.3 Å². The number of ether oxygens (including phenoxy) is 1. The van der Waals surface area contributed by atoms with Gasteiger partial charge in [-0.2, -0.15) is 5.10 Å². The number of nitrogens with one attached hydrogen (secondary N) is 3.